The van der Waals surface area contributed by atoms with E-state index in [2.05, 4.69) is 15.5 Å². The number of hydrogen-bond acceptors (Lipinski definition) is 4. The monoisotopic (exact) mass is 332 g/mol. The van der Waals surface area contributed by atoms with Gasteiger partial charge in [-0.15, -0.1) is 0 Å². The Labute approximate surface area is 142 Å². The van der Waals surface area contributed by atoms with Crippen LogP contribution in [-0.2, 0) is 11.3 Å². The van der Waals surface area contributed by atoms with Crippen LogP contribution < -0.4 is 10.1 Å². The average molecular weight is 332 g/mol. The van der Waals surface area contributed by atoms with Gasteiger partial charge in [-0.25, -0.2) is 4.79 Å². The number of carbonyl (C=O) groups excluding carboxylic acids is 1. The molecule has 1 aromatic heterocycles. The van der Waals surface area contributed by atoms with E-state index in [0.717, 1.165) is 11.4 Å². The largest absolute Gasteiger partial charge is 0.491 e. The Kier molecular flexibility index (Phi) is 6.62. The molecule has 0 aliphatic heterocycles. The first-order chi connectivity index (χ1) is 11.6. The fraction of sp³-hybridized carbons (Fsp3) is 0.412. The number of aromatic amines is 1. The Balaban J connectivity index is 1.86. The van der Waals surface area contributed by atoms with Crippen molar-refractivity contribution in [2.75, 3.05) is 32.2 Å². The number of carbonyl (C=O) groups is 1. The maximum Gasteiger partial charge on any atom is 0.321 e. The molecule has 24 heavy (non-hydrogen) atoms. The molecule has 130 valence electrons. The second-order valence-corrected chi connectivity index (χ2v) is 5.40. The third-order valence-electron chi connectivity index (χ3n) is 3.29. The number of rotatable bonds is 8. The van der Waals surface area contributed by atoms with Crippen LogP contribution in [0.25, 0.3) is 0 Å². The highest BCUT2D eigenvalue weighted by atomic mass is 16.5. The minimum Gasteiger partial charge on any atom is -0.491 e. The first kappa shape index (κ1) is 17.8. The summed E-state index contributed by atoms with van der Waals surface area (Å²) in [5, 5.41) is 9.84. The third kappa shape index (κ3) is 5.58. The standard InChI is InChI=1S/C17H24N4O3/c1-4-23-8-9-24-16-7-5-6-14(11-16)18-17(22)21(3)12-15-10-13(2)19-20-15/h5-7,10-11H,4,8-9,12H2,1-3H3,(H,18,22)(H,19,20). The number of hydrogen-bond donors (Lipinski definition) is 2. The Morgan fingerprint density at radius 3 is 2.88 bits per heavy atom. The summed E-state index contributed by atoms with van der Waals surface area (Å²) >= 11 is 0. The molecule has 0 unspecified atom stereocenters. The number of nitrogens with zero attached hydrogens (tertiary/aromatic N) is 2. The molecule has 7 heteroatoms. The Morgan fingerprint density at radius 2 is 2.17 bits per heavy atom. The molecular formula is C17H24N4O3. The number of anilines is 1. The fourth-order valence-electron chi connectivity index (χ4n) is 2.12. The molecule has 0 aliphatic carbocycles. The summed E-state index contributed by atoms with van der Waals surface area (Å²) in [7, 11) is 1.72. The summed E-state index contributed by atoms with van der Waals surface area (Å²) < 4.78 is 10.8. The average Bonchev–Trinajstić information content (AvgIpc) is 2.97. The third-order valence-corrected chi connectivity index (χ3v) is 3.29. The SMILES string of the molecule is CCOCCOc1cccc(NC(=O)N(C)Cc2cc(C)[nH]n2)c1. The van der Waals surface area contributed by atoms with Crippen LogP contribution in [0.4, 0.5) is 10.5 Å². The molecule has 7 nitrogen and oxygen atoms in total. The van der Waals surface area contributed by atoms with Crippen LogP contribution in [0.1, 0.15) is 18.3 Å². The van der Waals surface area contributed by atoms with E-state index in [0.29, 0.717) is 37.8 Å². The van der Waals surface area contributed by atoms with Gasteiger partial charge in [-0.2, -0.15) is 5.10 Å². The van der Waals surface area contributed by atoms with Crippen LogP contribution in [0.15, 0.2) is 30.3 Å². The molecule has 2 amide bonds. The molecule has 0 radical (unpaired) electrons. The zero-order chi connectivity index (χ0) is 17.4. The van der Waals surface area contributed by atoms with Crippen molar-refractivity contribution < 1.29 is 14.3 Å². The van der Waals surface area contributed by atoms with Gasteiger partial charge >= 0.3 is 6.03 Å². The van der Waals surface area contributed by atoms with E-state index < -0.39 is 0 Å². The first-order valence-electron chi connectivity index (χ1n) is 7.92. The summed E-state index contributed by atoms with van der Waals surface area (Å²) in [5.41, 5.74) is 2.47. The second kappa shape index (κ2) is 8.93. The molecule has 2 rings (SSSR count). The number of aryl methyl sites for hydroxylation is 1. The van der Waals surface area contributed by atoms with E-state index in [9.17, 15) is 4.79 Å². The number of ether oxygens (including phenoxy) is 2. The number of aromatic nitrogens is 2. The highest BCUT2D eigenvalue weighted by Gasteiger charge is 2.11. The number of amides is 2. The molecule has 2 aromatic rings. The molecule has 0 spiro atoms. The molecule has 0 saturated carbocycles. The van der Waals surface area contributed by atoms with Gasteiger partial charge in [-0.05, 0) is 32.0 Å². The lowest BCUT2D eigenvalue weighted by atomic mass is 10.3. The number of H-pyrrole nitrogens is 1. The molecule has 0 aliphatic rings. The van der Waals surface area contributed by atoms with Gasteiger partial charge in [0.2, 0.25) is 0 Å². The Hall–Kier alpha value is -2.54. The quantitative estimate of drug-likeness (QED) is 0.729. The van der Waals surface area contributed by atoms with E-state index in [-0.39, 0.29) is 6.03 Å². The van der Waals surface area contributed by atoms with Crippen molar-refractivity contribution in [3.05, 3.63) is 41.7 Å². The van der Waals surface area contributed by atoms with Crippen molar-refractivity contribution in [3.8, 4) is 5.75 Å². The normalized spacial score (nSPS) is 10.5. The van der Waals surface area contributed by atoms with E-state index in [4.69, 9.17) is 9.47 Å². The lowest BCUT2D eigenvalue weighted by Crippen LogP contribution is -2.30. The topological polar surface area (TPSA) is 79.5 Å². The molecule has 0 bridgehead atoms. The second-order valence-electron chi connectivity index (χ2n) is 5.40. The molecular weight excluding hydrogens is 308 g/mol. The summed E-state index contributed by atoms with van der Waals surface area (Å²) in [6, 6.07) is 9.00. The van der Waals surface area contributed by atoms with Crippen molar-refractivity contribution >= 4 is 11.7 Å². The molecule has 2 N–H and O–H groups in total. The Morgan fingerprint density at radius 1 is 1.33 bits per heavy atom. The van der Waals surface area contributed by atoms with Gasteiger partial charge in [0.15, 0.2) is 0 Å². The van der Waals surface area contributed by atoms with E-state index in [1.54, 1.807) is 18.0 Å². The van der Waals surface area contributed by atoms with Crippen molar-refractivity contribution in [2.24, 2.45) is 0 Å². The highest BCUT2D eigenvalue weighted by Crippen LogP contribution is 2.18. The van der Waals surface area contributed by atoms with Gasteiger partial charge in [-0.1, -0.05) is 6.07 Å². The maximum atomic E-state index is 12.3. The van der Waals surface area contributed by atoms with Crippen LogP contribution in [-0.4, -0.2) is 48.0 Å². The van der Waals surface area contributed by atoms with Gasteiger partial charge in [0.05, 0.1) is 18.8 Å². The zero-order valence-corrected chi connectivity index (χ0v) is 14.3. The number of benzene rings is 1. The molecule has 0 fully saturated rings. The summed E-state index contributed by atoms with van der Waals surface area (Å²) in [4.78, 5) is 13.8. The van der Waals surface area contributed by atoms with Gasteiger partial charge in [-0.3, -0.25) is 5.10 Å². The zero-order valence-electron chi connectivity index (χ0n) is 14.3. The molecule has 1 aromatic carbocycles. The number of urea groups is 1. The maximum absolute atomic E-state index is 12.3. The van der Waals surface area contributed by atoms with Crippen molar-refractivity contribution in [2.45, 2.75) is 20.4 Å². The summed E-state index contributed by atoms with van der Waals surface area (Å²) in [6.07, 6.45) is 0. The number of nitrogens with one attached hydrogen (secondary N) is 2. The highest BCUT2D eigenvalue weighted by molar-refractivity contribution is 5.89. The first-order valence-corrected chi connectivity index (χ1v) is 7.92. The molecule has 0 atom stereocenters. The molecule has 1 heterocycles. The lowest BCUT2D eigenvalue weighted by molar-refractivity contribution is 0.110. The van der Waals surface area contributed by atoms with Crippen molar-refractivity contribution in [3.63, 3.8) is 0 Å². The van der Waals surface area contributed by atoms with Crippen LogP contribution >= 0.6 is 0 Å². The van der Waals surface area contributed by atoms with Crippen LogP contribution in [0.2, 0.25) is 0 Å². The van der Waals surface area contributed by atoms with Gasteiger partial charge in [0.25, 0.3) is 0 Å². The van der Waals surface area contributed by atoms with E-state index >= 15 is 0 Å². The van der Waals surface area contributed by atoms with Crippen LogP contribution in [0, 0.1) is 6.92 Å². The molecule has 0 saturated heterocycles. The van der Waals surface area contributed by atoms with E-state index in [1.165, 1.54) is 0 Å². The van der Waals surface area contributed by atoms with E-state index in [1.807, 2.05) is 38.1 Å². The fourth-order valence-corrected chi connectivity index (χ4v) is 2.12. The Bertz CT molecular complexity index is 657. The smallest absolute Gasteiger partial charge is 0.321 e. The van der Waals surface area contributed by atoms with Gasteiger partial charge in [0.1, 0.15) is 12.4 Å². The van der Waals surface area contributed by atoms with Crippen LogP contribution in [0.3, 0.4) is 0 Å². The summed E-state index contributed by atoms with van der Waals surface area (Å²) in [6.45, 7) is 5.98. The van der Waals surface area contributed by atoms with Crippen molar-refractivity contribution in [1.82, 2.24) is 15.1 Å². The lowest BCUT2D eigenvalue weighted by Gasteiger charge is -2.17. The van der Waals surface area contributed by atoms with Gasteiger partial charge in [0, 0.05) is 31.1 Å². The summed E-state index contributed by atoms with van der Waals surface area (Å²) in [5.74, 6) is 0.693. The minimum absolute atomic E-state index is 0.206. The van der Waals surface area contributed by atoms with Crippen molar-refractivity contribution in [1.29, 1.82) is 0 Å². The van der Waals surface area contributed by atoms with Gasteiger partial charge < -0.3 is 19.7 Å². The predicted molar refractivity (Wildman–Crippen MR) is 92.2 cm³/mol. The van der Waals surface area contributed by atoms with Crippen LogP contribution in [0.5, 0.6) is 5.75 Å². The predicted octanol–water partition coefficient (Wildman–Crippen LogP) is 2.80. The minimum atomic E-state index is -0.206.